The molecular weight excluding hydrogens is 218 g/mol. The van der Waals surface area contributed by atoms with Crippen LogP contribution in [-0.4, -0.2) is 31.8 Å². The molecule has 0 amide bonds. The first kappa shape index (κ1) is 13.6. The van der Waals surface area contributed by atoms with E-state index in [4.69, 9.17) is 4.74 Å². The number of ether oxygens (including phenoxy) is 1. The molecule has 1 unspecified atom stereocenters. The molecule has 90 valence electrons. The fraction of sp³-hybridized carbons (Fsp3) is 0.538. The lowest BCUT2D eigenvalue weighted by Gasteiger charge is -2.18. The van der Waals surface area contributed by atoms with E-state index in [1.807, 2.05) is 18.7 Å². The number of thioether (sulfide) groups is 1. The molecule has 1 aromatic rings. The third-order valence-electron chi connectivity index (χ3n) is 2.38. The van der Waals surface area contributed by atoms with Gasteiger partial charge in [-0.1, -0.05) is 30.3 Å². The number of hydrogen-bond donors (Lipinski definition) is 1. The minimum atomic E-state index is 0.427. The highest BCUT2D eigenvalue weighted by atomic mass is 32.2. The van der Waals surface area contributed by atoms with Crippen molar-refractivity contribution in [3.05, 3.63) is 35.9 Å². The maximum absolute atomic E-state index is 5.33. The Morgan fingerprint density at radius 2 is 2.06 bits per heavy atom. The molecule has 1 atom stereocenters. The fourth-order valence-corrected chi connectivity index (χ4v) is 2.22. The Labute approximate surface area is 103 Å². The molecule has 1 aromatic carbocycles. The predicted molar refractivity (Wildman–Crippen MR) is 72.1 cm³/mol. The van der Waals surface area contributed by atoms with Crippen molar-refractivity contribution >= 4 is 11.8 Å². The second kappa shape index (κ2) is 8.62. The van der Waals surface area contributed by atoms with E-state index in [0.29, 0.717) is 6.04 Å². The van der Waals surface area contributed by atoms with Gasteiger partial charge in [-0.3, -0.25) is 0 Å². The van der Waals surface area contributed by atoms with Crippen LogP contribution >= 0.6 is 11.8 Å². The van der Waals surface area contributed by atoms with E-state index in [2.05, 4.69) is 41.9 Å². The average Bonchev–Trinajstić information content (AvgIpc) is 2.34. The first-order chi connectivity index (χ1) is 7.88. The molecule has 0 bridgehead atoms. The van der Waals surface area contributed by atoms with Gasteiger partial charge in [-0.05, 0) is 18.7 Å². The van der Waals surface area contributed by atoms with Gasteiger partial charge in [0.25, 0.3) is 0 Å². The van der Waals surface area contributed by atoms with Gasteiger partial charge in [0.1, 0.15) is 0 Å². The maximum Gasteiger partial charge on any atom is 0.0590 e. The van der Waals surface area contributed by atoms with Gasteiger partial charge in [0.15, 0.2) is 0 Å². The van der Waals surface area contributed by atoms with Crippen molar-refractivity contribution in [2.75, 3.05) is 31.8 Å². The van der Waals surface area contributed by atoms with E-state index in [1.165, 1.54) is 5.56 Å². The van der Waals surface area contributed by atoms with E-state index in [1.54, 1.807) is 0 Å². The Morgan fingerprint density at radius 1 is 1.31 bits per heavy atom. The lowest BCUT2D eigenvalue weighted by molar-refractivity contribution is 0.147. The molecule has 0 aliphatic carbocycles. The molecule has 3 heteroatoms. The van der Waals surface area contributed by atoms with Gasteiger partial charge >= 0.3 is 0 Å². The molecule has 1 N–H and O–H groups in total. The minimum Gasteiger partial charge on any atom is -0.380 e. The number of hydrogen-bond acceptors (Lipinski definition) is 3. The third-order valence-corrected chi connectivity index (χ3v) is 3.04. The Kier molecular flexibility index (Phi) is 7.30. The zero-order valence-corrected chi connectivity index (χ0v) is 10.9. The van der Waals surface area contributed by atoms with Gasteiger partial charge in [0.05, 0.1) is 6.61 Å². The van der Waals surface area contributed by atoms with E-state index in [9.17, 15) is 0 Å². The quantitative estimate of drug-likeness (QED) is 0.705. The Hall–Kier alpha value is -0.510. The second-order valence-corrected chi connectivity index (χ2v) is 4.48. The second-order valence-electron chi connectivity index (χ2n) is 3.57. The predicted octanol–water partition coefficient (Wildman–Crippen LogP) is 2.72. The van der Waals surface area contributed by atoms with Crippen molar-refractivity contribution in [1.82, 2.24) is 5.32 Å². The van der Waals surface area contributed by atoms with Crippen LogP contribution in [0.1, 0.15) is 18.5 Å². The van der Waals surface area contributed by atoms with E-state index < -0.39 is 0 Å². The normalized spacial score (nSPS) is 12.6. The molecule has 0 spiro atoms. The number of nitrogens with one attached hydrogen (secondary N) is 1. The van der Waals surface area contributed by atoms with Crippen molar-refractivity contribution in [1.29, 1.82) is 0 Å². The molecule has 0 aliphatic heterocycles. The Bertz CT molecular complexity index is 266. The maximum atomic E-state index is 5.33. The summed E-state index contributed by atoms with van der Waals surface area (Å²) >= 11 is 1.87. The van der Waals surface area contributed by atoms with Gasteiger partial charge < -0.3 is 10.1 Å². The van der Waals surface area contributed by atoms with Crippen LogP contribution in [0.3, 0.4) is 0 Å². The van der Waals surface area contributed by atoms with Crippen LogP contribution in [0.15, 0.2) is 30.3 Å². The minimum absolute atomic E-state index is 0.427. The summed E-state index contributed by atoms with van der Waals surface area (Å²) in [5.74, 6) is 1.09. The fourth-order valence-electron chi connectivity index (χ4n) is 1.57. The van der Waals surface area contributed by atoms with Crippen molar-refractivity contribution in [3.8, 4) is 0 Å². The summed E-state index contributed by atoms with van der Waals surface area (Å²) in [4.78, 5) is 0. The van der Waals surface area contributed by atoms with Crippen molar-refractivity contribution < 1.29 is 4.74 Å². The Balaban J connectivity index is 2.41. The first-order valence-electron chi connectivity index (χ1n) is 5.73. The lowest BCUT2D eigenvalue weighted by atomic mass is 10.1. The summed E-state index contributed by atoms with van der Waals surface area (Å²) in [6.07, 6.45) is 2.14. The lowest BCUT2D eigenvalue weighted by Crippen LogP contribution is -2.27. The zero-order valence-electron chi connectivity index (χ0n) is 10.1. The highest BCUT2D eigenvalue weighted by Gasteiger charge is 2.08. The van der Waals surface area contributed by atoms with Crippen LogP contribution in [0.5, 0.6) is 0 Å². The Morgan fingerprint density at radius 3 is 2.69 bits per heavy atom. The monoisotopic (exact) mass is 239 g/mol. The molecule has 0 fully saturated rings. The average molecular weight is 239 g/mol. The molecule has 0 saturated carbocycles. The summed E-state index contributed by atoms with van der Waals surface area (Å²) in [6, 6.07) is 11.0. The zero-order chi connectivity index (χ0) is 11.6. The molecule has 0 aliphatic rings. The van der Waals surface area contributed by atoms with Gasteiger partial charge in [-0.25, -0.2) is 0 Å². The topological polar surface area (TPSA) is 21.3 Å². The van der Waals surface area contributed by atoms with Gasteiger partial charge in [-0.15, -0.1) is 0 Å². The molecule has 0 saturated heterocycles. The summed E-state index contributed by atoms with van der Waals surface area (Å²) in [6.45, 7) is 4.51. The van der Waals surface area contributed by atoms with Gasteiger partial charge in [-0.2, -0.15) is 11.8 Å². The van der Waals surface area contributed by atoms with Crippen LogP contribution in [-0.2, 0) is 4.74 Å². The van der Waals surface area contributed by atoms with E-state index in [0.717, 1.165) is 25.5 Å². The molecular formula is C13H21NOS. The number of benzene rings is 1. The molecule has 16 heavy (non-hydrogen) atoms. The largest absolute Gasteiger partial charge is 0.380 e. The van der Waals surface area contributed by atoms with Crippen molar-refractivity contribution in [2.45, 2.75) is 13.0 Å². The molecule has 0 heterocycles. The van der Waals surface area contributed by atoms with E-state index in [-0.39, 0.29) is 0 Å². The molecule has 0 aromatic heterocycles. The van der Waals surface area contributed by atoms with Crippen molar-refractivity contribution in [2.24, 2.45) is 0 Å². The van der Waals surface area contributed by atoms with Gasteiger partial charge in [0, 0.05) is 24.9 Å². The summed E-state index contributed by atoms with van der Waals surface area (Å²) < 4.78 is 5.33. The summed E-state index contributed by atoms with van der Waals surface area (Å²) in [5, 5.41) is 3.53. The van der Waals surface area contributed by atoms with Crippen LogP contribution in [0.4, 0.5) is 0 Å². The van der Waals surface area contributed by atoms with Crippen molar-refractivity contribution in [3.63, 3.8) is 0 Å². The smallest absolute Gasteiger partial charge is 0.0590 e. The summed E-state index contributed by atoms with van der Waals surface area (Å²) in [5.41, 5.74) is 1.35. The number of rotatable bonds is 8. The van der Waals surface area contributed by atoms with Crippen LogP contribution in [0.2, 0.25) is 0 Å². The van der Waals surface area contributed by atoms with Gasteiger partial charge in [0.2, 0.25) is 0 Å². The summed E-state index contributed by atoms with van der Waals surface area (Å²) in [7, 11) is 0. The first-order valence-corrected chi connectivity index (χ1v) is 7.13. The SMILES string of the molecule is CCOCCNC(CSC)c1ccccc1. The van der Waals surface area contributed by atoms with Crippen LogP contribution in [0.25, 0.3) is 0 Å². The molecule has 2 nitrogen and oxygen atoms in total. The van der Waals surface area contributed by atoms with E-state index >= 15 is 0 Å². The third kappa shape index (κ3) is 5.01. The highest BCUT2D eigenvalue weighted by molar-refractivity contribution is 7.98. The molecule has 0 radical (unpaired) electrons. The highest BCUT2D eigenvalue weighted by Crippen LogP contribution is 2.16. The standard InChI is InChI=1S/C13H21NOS/c1-3-15-10-9-14-13(11-16-2)12-7-5-4-6-8-12/h4-8,13-14H,3,9-11H2,1-2H3. The van der Waals surface area contributed by atoms with Crippen LogP contribution < -0.4 is 5.32 Å². The van der Waals surface area contributed by atoms with Crippen LogP contribution in [0, 0.1) is 0 Å². The molecule has 1 rings (SSSR count).